The Kier molecular flexibility index (Phi) is 4.87. The van der Waals surface area contributed by atoms with Crippen LogP contribution in [0.4, 0.5) is 0 Å². The summed E-state index contributed by atoms with van der Waals surface area (Å²) in [5.41, 5.74) is 4.90. The molecular formula is C15H21N3O2. The minimum absolute atomic E-state index is 0.00361. The zero-order valence-corrected chi connectivity index (χ0v) is 11.7. The van der Waals surface area contributed by atoms with Gasteiger partial charge in [-0.25, -0.2) is 5.43 Å². The minimum atomic E-state index is -0.594. The number of rotatable bonds is 6. The van der Waals surface area contributed by atoms with Crippen LogP contribution in [0.3, 0.4) is 0 Å². The molecule has 1 unspecified atom stereocenters. The maximum atomic E-state index is 12.0. The summed E-state index contributed by atoms with van der Waals surface area (Å²) in [7, 11) is 0. The summed E-state index contributed by atoms with van der Waals surface area (Å²) >= 11 is 0. The van der Waals surface area contributed by atoms with Gasteiger partial charge in [0.2, 0.25) is 5.78 Å². The van der Waals surface area contributed by atoms with Crippen molar-refractivity contribution >= 4 is 11.7 Å². The molecule has 1 aliphatic rings. The molecular weight excluding hydrogens is 254 g/mol. The second-order valence-electron chi connectivity index (χ2n) is 5.22. The summed E-state index contributed by atoms with van der Waals surface area (Å²) in [6.07, 6.45) is 2.92. The molecule has 1 aromatic rings. The quantitative estimate of drug-likeness (QED) is 0.400. The van der Waals surface area contributed by atoms with Crippen LogP contribution < -0.4 is 16.6 Å². The van der Waals surface area contributed by atoms with E-state index in [1.54, 1.807) is 0 Å². The van der Waals surface area contributed by atoms with Crippen molar-refractivity contribution in [2.45, 2.75) is 44.7 Å². The fraction of sp³-hybridized carbons (Fsp3) is 0.467. The molecule has 4 N–H and O–H groups in total. The molecule has 20 heavy (non-hydrogen) atoms. The van der Waals surface area contributed by atoms with Crippen molar-refractivity contribution in [1.29, 1.82) is 0 Å². The Morgan fingerprint density at radius 2 is 1.90 bits per heavy atom. The average molecular weight is 275 g/mol. The predicted octanol–water partition coefficient (Wildman–Crippen LogP) is 0.471. The second kappa shape index (κ2) is 6.63. The molecule has 0 fully saturated rings. The highest BCUT2D eigenvalue weighted by molar-refractivity contribution is 6.38. The van der Waals surface area contributed by atoms with Gasteiger partial charge in [0.1, 0.15) is 0 Å². The molecule has 0 radical (unpaired) electrons. The van der Waals surface area contributed by atoms with E-state index in [2.05, 4.69) is 22.9 Å². The molecule has 0 saturated heterocycles. The number of fused-ring (bicyclic) bond motifs is 1. The molecule has 1 amide bonds. The lowest BCUT2D eigenvalue weighted by molar-refractivity contribution is -0.139. The number of ketones is 1. The average Bonchev–Trinajstić information content (AvgIpc) is 2.86. The molecule has 0 spiro atoms. The smallest absolute Gasteiger partial charge is 0.289 e. The summed E-state index contributed by atoms with van der Waals surface area (Å²) in [5, 5.41) is 2.81. The van der Waals surface area contributed by atoms with E-state index in [9.17, 15) is 9.59 Å². The number of hydrazine groups is 1. The number of carbonyl (C=O) groups is 2. The van der Waals surface area contributed by atoms with Crippen molar-refractivity contribution < 1.29 is 9.59 Å². The van der Waals surface area contributed by atoms with E-state index in [1.165, 1.54) is 11.1 Å². The van der Waals surface area contributed by atoms with E-state index in [0.29, 0.717) is 6.42 Å². The van der Waals surface area contributed by atoms with Crippen molar-refractivity contribution in [3.05, 3.63) is 35.4 Å². The number of carbonyl (C=O) groups excluding carboxylic acids is 2. The van der Waals surface area contributed by atoms with Crippen molar-refractivity contribution in [3.8, 4) is 0 Å². The van der Waals surface area contributed by atoms with Crippen LogP contribution in [-0.2, 0) is 22.4 Å². The SMILES string of the molecule is CCCC(NN)C(=O)C(=O)NC1Cc2ccccc2C1. The molecule has 0 aromatic heterocycles. The van der Waals surface area contributed by atoms with E-state index < -0.39 is 17.7 Å². The molecule has 108 valence electrons. The maximum absolute atomic E-state index is 12.0. The van der Waals surface area contributed by atoms with Crippen LogP contribution in [0.5, 0.6) is 0 Å². The van der Waals surface area contributed by atoms with Gasteiger partial charge in [0.05, 0.1) is 6.04 Å². The molecule has 0 heterocycles. The lowest BCUT2D eigenvalue weighted by Crippen LogP contribution is -2.50. The highest BCUT2D eigenvalue weighted by Gasteiger charge is 2.28. The lowest BCUT2D eigenvalue weighted by Gasteiger charge is -2.16. The fourth-order valence-electron chi connectivity index (χ4n) is 2.65. The molecule has 1 aliphatic carbocycles. The van der Waals surface area contributed by atoms with Crippen molar-refractivity contribution in [3.63, 3.8) is 0 Å². The number of Topliss-reactive ketones (excluding diaryl/α,β-unsaturated/α-hetero) is 1. The Bertz CT molecular complexity index is 477. The lowest BCUT2D eigenvalue weighted by atomic mass is 10.1. The molecule has 0 bridgehead atoms. The van der Waals surface area contributed by atoms with Gasteiger partial charge < -0.3 is 5.32 Å². The monoisotopic (exact) mass is 275 g/mol. The van der Waals surface area contributed by atoms with Crippen LogP contribution in [0.15, 0.2) is 24.3 Å². The number of amides is 1. The topological polar surface area (TPSA) is 84.2 Å². The van der Waals surface area contributed by atoms with E-state index in [1.807, 2.05) is 19.1 Å². The van der Waals surface area contributed by atoms with E-state index >= 15 is 0 Å². The molecule has 5 heteroatoms. The van der Waals surface area contributed by atoms with Crippen LogP contribution in [0, 0.1) is 0 Å². The van der Waals surface area contributed by atoms with Crippen LogP contribution in [0.2, 0.25) is 0 Å². The Labute approximate surface area is 118 Å². The Morgan fingerprint density at radius 1 is 1.30 bits per heavy atom. The summed E-state index contributed by atoms with van der Waals surface area (Å²) in [6.45, 7) is 1.95. The summed E-state index contributed by atoms with van der Waals surface area (Å²) in [5.74, 6) is 4.30. The largest absolute Gasteiger partial charge is 0.346 e. The normalized spacial score (nSPS) is 15.7. The first-order valence-electron chi connectivity index (χ1n) is 7.03. The zero-order valence-electron chi connectivity index (χ0n) is 11.7. The molecule has 1 aromatic carbocycles. The number of hydrogen-bond acceptors (Lipinski definition) is 4. The van der Waals surface area contributed by atoms with Gasteiger partial charge in [-0.1, -0.05) is 37.6 Å². The number of hydrogen-bond donors (Lipinski definition) is 3. The van der Waals surface area contributed by atoms with Crippen LogP contribution in [0.1, 0.15) is 30.9 Å². The maximum Gasteiger partial charge on any atom is 0.289 e. The van der Waals surface area contributed by atoms with Gasteiger partial charge in [0, 0.05) is 6.04 Å². The van der Waals surface area contributed by atoms with Crippen molar-refractivity contribution in [1.82, 2.24) is 10.7 Å². The van der Waals surface area contributed by atoms with Gasteiger partial charge in [-0.15, -0.1) is 0 Å². The second-order valence-corrected chi connectivity index (χ2v) is 5.22. The number of nitrogens with one attached hydrogen (secondary N) is 2. The molecule has 1 atom stereocenters. The first-order valence-corrected chi connectivity index (χ1v) is 7.03. The molecule has 0 aliphatic heterocycles. The zero-order chi connectivity index (χ0) is 14.5. The standard InChI is InChI=1S/C15H21N3O2/c1-2-5-13(18-16)14(19)15(20)17-12-8-10-6-3-4-7-11(10)9-12/h3-4,6-7,12-13,18H,2,5,8-9,16H2,1H3,(H,17,20). The summed E-state index contributed by atoms with van der Waals surface area (Å²) < 4.78 is 0. The molecule has 0 saturated carbocycles. The van der Waals surface area contributed by atoms with Gasteiger partial charge in [-0.05, 0) is 30.4 Å². The summed E-state index contributed by atoms with van der Waals surface area (Å²) in [4.78, 5) is 23.9. The first-order chi connectivity index (χ1) is 9.65. The van der Waals surface area contributed by atoms with E-state index in [4.69, 9.17) is 5.84 Å². The predicted molar refractivity (Wildman–Crippen MR) is 76.8 cm³/mol. The third-order valence-electron chi connectivity index (χ3n) is 3.71. The van der Waals surface area contributed by atoms with Gasteiger partial charge >= 0.3 is 0 Å². The van der Waals surface area contributed by atoms with Gasteiger partial charge in [-0.3, -0.25) is 15.4 Å². The highest BCUT2D eigenvalue weighted by Crippen LogP contribution is 2.21. The number of benzene rings is 1. The summed E-state index contributed by atoms with van der Waals surface area (Å²) in [6, 6.07) is 7.51. The molecule has 5 nitrogen and oxygen atoms in total. The Balaban J connectivity index is 1.92. The Hall–Kier alpha value is -1.72. The van der Waals surface area contributed by atoms with Crippen LogP contribution in [-0.4, -0.2) is 23.8 Å². The molecule has 2 rings (SSSR count). The van der Waals surface area contributed by atoms with Crippen LogP contribution in [0.25, 0.3) is 0 Å². The third kappa shape index (κ3) is 3.23. The van der Waals surface area contributed by atoms with Crippen LogP contribution >= 0.6 is 0 Å². The van der Waals surface area contributed by atoms with Crippen molar-refractivity contribution in [2.24, 2.45) is 5.84 Å². The number of nitrogens with two attached hydrogens (primary N) is 1. The minimum Gasteiger partial charge on any atom is -0.346 e. The highest BCUT2D eigenvalue weighted by atomic mass is 16.2. The van der Waals surface area contributed by atoms with Gasteiger partial charge in [-0.2, -0.15) is 0 Å². The van der Waals surface area contributed by atoms with Gasteiger partial charge in [0.25, 0.3) is 5.91 Å². The third-order valence-corrected chi connectivity index (χ3v) is 3.71. The van der Waals surface area contributed by atoms with Gasteiger partial charge in [0.15, 0.2) is 0 Å². The van der Waals surface area contributed by atoms with Crippen molar-refractivity contribution in [2.75, 3.05) is 0 Å². The Morgan fingerprint density at radius 3 is 2.40 bits per heavy atom. The fourth-order valence-corrected chi connectivity index (χ4v) is 2.65. The van der Waals surface area contributed by atoms with E-state index in [-0.39, 0.29) is 6.04 Å². The van der Waals surface area contributed by atoms with E-state index in [0.717, 1.165) is 19.3 Å². The first kappa shape index (κ1) is 14.7.